The molecule has 5 rings (SSSR count). The molecule has 0 saturated carbocycles. The summed E-state index contributed by atoms with van der Waals surface area (Å²) in [7, 11) is 0. The summed E-state index contributed by atoms with van der Waals surface area (Å²) in [6.45, 7) is 8.21. The molecule has 44 heavy (non-hydrogen) atoms. The third-order valence-corrected chi connectivity index (χ3v) is 8.72. The van der Waals surface area contributed by atoms with Crippen LogP contribution in [0.15, 0.2) is 64.9 Å². The van der Waals surface area contributed by atoms with Gasteiger partial charge >= 0.3 is 6.09 Å². The van der Waals surface area contributed by atoms with E-state index in [4.69, 9.17) is 9.47 Å². The summed E-state index contributed by atoms with van der Waals surface area (Å²) in [5, 5.41) is 13.3. The molecule has 1 saturated heterocycles. The Kier molecular flexibility index (Phi) is 9.84. The van der Waals surface area contributed by atoms with Crippen LogP contribution >= 0.6 is 0 Å². The summed E-state index contributed by atoms with van der Waals surface area (Å²) in [5.41, 5.74) is 5.18. The predicted molar refractivity (Wildman–Crippen MR) is 169 cm³/mol. The molecule has 234 valence electrons. The standard InChI is InChI=1S/C35H43N3O6/c1-23(32-30(39)20-35(2,3)21-31(32)40)36-15-9-8-14-29(33(41)38-16-18-43-19-17-38)37-34(42)44-22-28-26-12-6-4-10-24(26)25-11-5-7-13-27(25)28/h4-7,10-13,28-29,39H,8-9,14-22H2,1-3H3,(H,37,42)/t29-/m1/s1. The Balaban J connectivity index is 1.18. The SMILES string of the molecule is CC(=NCCCC[C@@H](NC(=O)OCC1c2ccccc2-c2ccccc21)C(=O)N1CCOCC1)C1=C(O)CC(C)(C)CC1=O. The third kappa shape index (κ3) is 7.21. The Labute approximate surface area is 259 Å². The van der Waals surface area contributed by atoms with Crippen molar-refractivity contribution >= 4 is 23.5 Å². The first-order valence-corrected chi connectivity index (χ1v) is 15.6. The number of nitrogens with one attached hydrogen (secondary N) is 1. The third-order valence-electron chi connectivity index (χ3n) is 8.72. The van der Waals surface area contributed by atoms with Crippen LogP contribution in [0.3, 0.4) is 0 Å². The van der Waals surface area contributed by atoms with Crippen molar-refractivity contribution in [3.63, 3.8) is 0 Å². The van der Waals surface area contributed by atoms with Crippen LogP contribution in [-0.4, -0.2) is 79.0 Å². The van der Waals surface area contributed by atoms with Gasteiger partial charge in [0.25, 0.3) is 0 Å². The van der Waals surface area contributed by atoms with Crippen LogP contribution in [0.4, 0.5) is 4.79 Å². The number of hydrogen-bond donors (Lipinski definition) is 2. The van der Waals surface area contributed by atoms with Crippen LogP contribution in [0, 0.1) is 5.41 Å². The lowest BCUT2D eigenvalue weighted by Crippen LogP contribution is -2.52. The monoisotopic (exact) mass is 601 g/mol. The number of carbonyl (C=O) groups excluding carboxylic acids is 3. The zero-order valence-electron chi connectivity index (χ0n) is 25.9. The van der Waals surface area contributed by atoms with Gasteiger partial charge in [-0.3, -0.25) is 14.6 Å². The number of ether oxygens (including phenoxy) is 2. The molecule has 1 atom stereocenters. The first-order valence-electron chi connectivity index (χ1n) is 15.6. The molecular weight excluding hydrogens is 558 g/mol. The zero-order valence-corrected chi connectivity index (χ0v) is 25.9. The number of Topliss-reactive ketones (excluding diaryl/α,β-unsaturated/α-hetero) is 1. The molecule has 0 radical (unpaired) electrons. The van der Waals surface area contributed by atoms with Gasteiger partial charge in [0.15, 0.2) is 5.78 Å². The summed E-state index contributed by atoms with van der Waals surface area (Å²) in [6.07, 6.45) is 1.93. The summed E-state index contributed by atoms with van der Waals surface area (Å²) >= 11 is 0. The number of nitrogens with zero attached hydrogens (tertiary/aromatic N) is 2. The number of ketones is 1. The molecule has 1 aliphatic heterocycles. The highest BCUT2D eigenvalue weighted by molar-refractivity contribution is 6.22. The van der Waals surface area contributed by atoms with E-state index in [1.807, 2.05) is 38.1 Å². The fourth-order valence-corrected chi connectivity index (χ4v) is 6.53. The number of alkyl carbamates (subject to hydrolysis) is 1. The molecule has 9 heteroatoms. The minimum atomic E-state index is -0.734. The number of amides is 2. The van der Waals surface area contributed by atoms with Gasteiger partial charge in [0.2, 0.25) is 5.91 Å². The van der Waals surface area contributed by atoms with E-state index in [-0.39, 0.29) is 35.4 Å². The van der Waals surface area contributed by atoms with Crippen LogP contribution in [0.1, 0.15) is 69.9 Å². The highest BCUT2D eigenvalue weighted by Crippen LogP contribution is 2.44. The number of rotatable bonds is 10. The average molecular weight is 602 g/mol. The van der Waals surface area contributed by atoms with Gasteiger partial charge in [-0.25, -0.2) is 4.79 Å². The topological polar surface area (TPSA) is 118 Å². The highest BCUT2D eigenvalue weighted by Gasteiger charge is 2.34. The molecule has 0 bridgehead atoms. The Morgan fingerprint density at radius 2 is 1.68 bits per heavy atom. The minimum absolute atomic E-state index is 0.0701. The van der Waals surface area contributed by atoms with E-state index >= 15 is 0 Å². The van der Waals surface area contributed by atoms with Crippen molar-refractivity contribution in [2.75, 3.05) is 39.5 Å². The molecule has 2 aliphatic carbocycles. The fourth-order valence-electron chi connectivity index (χ4n) is 6.53. The first kappa shape index (κ1) is 31.4. The molecule has 2 amide bonds. The predicted octanol–water partition coefficient (Wildman–Crippen LogP) is 5.58. The second kappa shape index (κ2) is 13.8. The average Bonchev–Trinajstić information content (AvgIpc) is 3.32. The van der Waals surface area contributed by atoms with E-state index in [0.29, 0.717) is 76.2 Å². The maximum absolute atomic E-state index is 13.4. The number of hydrogen-bond acceptors (Lipinski definition) is 7. The normalized spacial score (nSPS) is 18.9. The maximum atomic E-state index is 13.4. The van der Waals surface area contributed by atoms with Gasteiger partial charge in [0, 0.05) is 44.1 Å². The van der Waals surface area contributed by atoms with Gasteiger partial charge in [0.05, 0.1) is 18.8 Å². The van der Waals surface area contributed by atoms with Crippen molar-refractivity contribution in [2.45, 2.75) is 64.8 Å². The number of morpholine rings is 1. The van der Waals surface area contributed by atoms with Gasteiger partial charge in [-0.2, -0.15) is 0 Å². The van der Waals surface area contributed by atoms with Crippen molar-refractivity contribution < 1.29 is 29.0 Å². The molecule has 1 fully saturated rings. The molecule has 0 unspecified atom stereocenters. The quantitative estimate of drug-likeness (QED) is 0.271. The summed E-state index contributed by atoms with van der Waals surface area (Å²) in [4.78, 5) is 45.4. The lowest BCUT2D eigenvalue weighted by Gasteiger charge is -2.30. The van der Waals surface area contributed by atoms with Crippen LogP contribution in [0.5, 0.6) is 0 Å². The highest BCUT2D eigenvalue weighted by atomic mass is 16.5. The summed E-state index contributed by atoms with van der Waals surface area (Å²) < 4.78 is 11.1. The van der Waals surface area contributed by atoms with E-state index in [1.54, 1.807) is 11.8 Å². The molecule has 9 nitrogen and oxygen atoms in total. The van der Waals surface area contributed by atoms with Gasteiger partial charge in [-0.15, -0.1) is 0 Å². The second-order valence-electron chi connectivity index (χ2n) is 12.7. The lowest BCUT2D eigenvalue weighted by molar-refractivity contribution is -0.137. The second-order valence-corrected chi connectivity index (χ2v) is 12.7. The number of benzene rings is 2. The van der Waals surface area contributed by atoms with Crippen molar-refractivity contribution in [1.29, 1.82) is 0 Å². The molecule has 2 aromatic rings. The van der Waals surface area contributed by atoms with Crippen LogP contribution in [-0.2, 0) is 19.1 Å². The van der Waals surface area contributed by atoms with E-state index in [0.717, 1.165) is 22.3 Å². The van der Waals surface area contributed by atoms with Crippen molar-refractivity contribution in [3.8, 4) is 11.1 Å². The smallest absolute Gasteiger partial charge is 0.407 e. The Bertz CT molecular complexity index is 1410. The van der Waals surface area contributed by atoms with Crippen LogP contribution in [0.2, 0.25) is 0 Å². The number of aliphatic imine (C=N–C) groups is 1. The lowest BCUT2D eigenvalue weighted by atomic mass is 9.76. The van der Waals surface area contributed by atoms with Gasteiger partial charge < -0.3 is 24.8 Å². The molecule has 2 aromatic carbocycles. The molecule has 0 aromatic heterocycles. The zero-order chi connectivity index (χ0) is 31.3. The Morgan fingerprint density at radius 1 is 1.05 bits per heavy atom. The summed E-state index contributed by atoms with van der Waals surface area (Å²) in [6, 6.07) is 15.6. The largest absolute Gasteiger partial charge is 0.511 e. The van der Waals surface area contributed by atoms with E-state index < -0.39 is 12.1 Å². The molecule has 3 aliphatic rings. The van der Waals surface area contributed by atoms with Crippen molar-refractivity contribution in [2.24, 2.45) is 10.4 Å². The van der Waals surface area contributed by atoms with E-state index in [9.17, 15) is 19.5 Å². The minimum Gasteiger partial charge on any atom is -0.511 e. The first-order chi connectivity index (χ1) is 21.1. The Morgan fingerprint density at radius 3 is 2.32 bits per heavy atom. The number of aliphatic hydroxyl groups excluding tert-OH is 1. The van der Waals surface area contributed by atoms with E-state index in [2.05, 4.69) is 34.6 Å². The van der Waals surface area contributed by atoms with Gasteiger partial charge in [0.1, 0.15) is 18.4 Å². The van der Waals surface area contributed by atoms with Crippen LogP contribution < -0.4 is 5.32 Å². The van der Waals surface area contributed by atoms with Gasteiger partial charge in [-0.05, 0) is 53.9 Å². The number of fused-ring (bicyclic) bond motifs is 3. The van der Waals surface area contributed by atoms with Crippen LogP contribution in [0.25, 0.3) is 11.1 Å². The number of carbonyl (C=O) groups is 3. The molecule has 0 spiro atoms. The molecule has 2 N–H and O–H groups in total. The van der Waals surface area contributed by atoms with Crippen molar-refractivity contribution in [1.82, 2.24) is 10.2 Å². The number of unbranched alkanes of at least 4 members (excludes halogenated alkanes) is 1. The fraction of sp³-hybridized carbons (Fsp3) is 0.486. The Hall–Kier alpha value is -3.98. The van der Waals surface area contributed by atoms with E-state index in [1.165, 1.54) is 0 Å². The molecular formula is C35H43N3O6. The number of aliphatic hydroxyl groups is 1. The number of allylic oxidation sites excluding steroid dienone is 2. The van der Waals surface area contributed by atoms with Crippen molar-refractivity contribution in [3.05, 3.63) is 71.0 Å². The summed E-state index contributed by atoms with van der Waals surface area (Å²) in [5.74, 6) is -0.189. The molecule has 1 heterocycles. The van der Waals surface area contributed by atoms with Gasteiger partial charge in [-0.1, -0.05) is 62.4 Å². The maximum Gasteiger partial charge on any atom is 0.407 e.